The van der Waals surface area contributed by atoms with Crippen molar-refractivity contribution < 1.29 is 26.9 Å². The van der Waals surface area contributed by atoms with Crippen molar-refractivity contribution in [2.75, 3.05) is 0 Å². The average molecular weight is 402 g/mol. The number of benzene rings is 2. The minimum absolute atomic E-state index is 0.0563. The topological polar surface area (TPSA) is 86.7 Å². The van der Waals surface area contributed by atoms with Crippen LogP contribution in [0.1, 0.15) is 47.2 Å². The number of carbonyl (C=O) groups excluding carboxylic acids is 2. The van der Waals surface area contributed by atoms with Gasteiger partial charge in [-0.25, -0.2) is 4.79 Å². The molecule has 0 aliphatic heterocycles. The number of ketones is 1. The molecule has 28 heavy (non-hydrogen) atoms. The molecule has 1 aliphatic rings. The highest BCUT2D eigenvalue weighted by Crippen LogP contribution is 2.24. The van der Waals surface area contributed by atoms with Gasteiger partial charge in [0.1, 0.15) is 10.6 Å². The van der Waals surface area contributed by atoms with Crippen LogP contribution in [0.15, 0.2) is 47.4 Å². The molecule has 148 valence electrons. The molecule has 0 bridgehead atoms. The van der Waals surface area contributed by atoms with E-state index in [4.69, 9.17) is 8.92 Å². The Morgan fingerprint density at radius 3 is 2.43 bits per heavy atom. The van der Waals surface area contributed by atoms with Gasteiger partial charge in [0.15, 0.2) is 11.9 Å². The molecular formula is C21H22O6S. The minimum atomic E-state index is -3.99. The van der Waals surface area contributed by atoms with E-state index >= 15 is 0 Å². The van der Waals surface area contributed by atoms with Gasteiger partial charge < -0.3 is 8.92 Å². The van der Waals surface area contributed by atoms with Gasteiger partial charge in [-0.1, -0.05) is 12.1 Å². The van der Waals surface area contributed by atoms with E-state index in [1.54, 1.807) is 26.0 Å². The Kier molecular flexibility index (Phi) is 5.84. The lowest BCUT2D eigenvalue weighted by molar-refractivity contribution is -0.129. The normalized spacial score (nSPS) is 17.2. The van der Waals surface area contributed by atoms with E-state index in [0.29, 0.717) is 18.4 Å². The van der Waals surface area contributed by atoms with E-state index in [-0.39, 0.29) is 22.0 Å². The minimum Gasteiger partial charge on any atom is -0.451 e. The summed E-state index contributed by atoms with van der Waals surface area (Å²) in [6.45, 7) is 3.50. The summed E-state index contributed by atoms with van der Waals surface area (Å²) < 4.78 is 35.6. The zero-order valence-electron chi connectivity index (χ0n) is 15.8. The molecule has 1 saturated carbocycles. The van der Waals surface area contributed by atoms with Crippen LogP contribution in [-0.4, -0.2) is 26.3 Å². The first-order valence-electron chi connectivity index (χ1n) is 9.12. The van der Waals surface area contributed by atoms with Crippen LogP contribution in [0.4, 0.5) is 0 Å². The quantitative estimate of drug-likeness (QED) is 0.559. The molecular weight excluding hydrogens is 380 g/mol. The molecule has 6 nitrogen and oxygen atoms in total. The Balaban J connectivity index is 1.71. The first kappa shape index (κ1) is 20.1. The summed E-state index contributed by atoms with van der Waals surface area (Å²) >= 11 is 0. The number of ether oxygens (including phenoxy) is 1. The number of esters is 1. The van der Waals surface area contributed by atoms with E-state index in [2.05, 4.69) is 0 Å². The molecule has 7 heteroatoms. The molecule has 0 N–H and O–H groups in total. The lowest BCUT2D eigenvalue weighted by Gasteiger charge is -2.20. The summed E-state index contributed by atoms with van der Waals surface area (Å²) in [7, 11) is -3.99. The molecule has 3 rings (SSSR count). The summed E-state index contributed by atoms with van der Waals surface area (Å²) in [5, 5.41) is 0. The summed E-state index contributed by atoms with van der Waals surface area (Å²) in [5.41, 5.74) is 1.63. The van der Waals surface area contributed by atoms with Crippen LogP contribution in [0.3, 0.4) is 0 Å². The third-order valence-electron chi connectivity index (χ3n) is 4.66. The Bertz CT molecular complexity index is 992. The number of hydrogen-bond acceptors (Lipinski definition) is 6. The average Bonchev–Trinajstić information content (AvgIpc) is 2.65. The van der Waals surface area contributed by atoms with Gasteiger partial charge in [-0.3, -0.25) is 4.79 Å². The fraction of sp³-hybridized carbons (Fsp3) is 0.333. The van der Waals surface area contributed by atoms with Crippen LogP contribution in [0.5, 0.6) is 5.75 Å². The predicted octanol–water partition coefficient (Wildman–Crippen LogP) is 3.74. The highest BCUT2D eigenvalue weighted by atomic mass is 32.2. The maximum absolute atomic E-state index is 12.5. The molecule has 1 atom stereocenters. The lowest BCUT2D eigenvalue weighted by atomic mass is 9.96. The summed E-state index contributed by atoms with van der Waals surface area (Å²) in [6, 6.07) is 10.7. The summed E-state index contributed by atoms with van der Waals surface area (Å²) in [4.78, 5) is 24.1. The standard InChI is InChI=1S/C21H22O6S/c1-14-7-8-15(2)20(13-14)28(24,25)27-17-11-9-16(10-12-17)21(23)26-19-6-4-3-5-18(19)22/h7-13,19H,3-6H2,1-2H3/t19-/m0/s1. The molecule has 2 aromatic carbocycles. The van der Waals surface area contributed by atoms with Crippen LogP contribution in [-0.2, 0) is 19.6 Å². The van der Waals surface area contributed by atoms with Crippen LogP contribution in [0.2, 0.25) is 0 Å². The van der Waals surface area contributed by atoms with Gasteiger partial charge in [0.2, 0.25) is 0 Å². The largest absolute Gasteiger partial charge is 0.451 e. The molecule has 2 aromatic rings. The van der Waals surface area contributed by atoms with Gasteiger partial charge in [0.25, 0.3) is 0 Å². The molecule has 0 unspecified atom stereocenters. The van der Waals surface area contributed by atoms with E-state index < -0.39 is 22.2 Å². The SMILES string of the molecule is Cc1ccc(C)c(S(=O)(=O)Oc2ccc(C(=O)O[C@H]3CCCCC3=O)cc2)c1. The van der Waals surface area contributed by atoms with Gasteiger partial charge in [-0.15, -0.1) is 0 Å². The monoisotopic (exact) mass is 402 g/mol. The van der Waals surface area contributed by atoms with E-state index in [1.165, 1.54) is 24.3 Å². The first-order valence-corrected chi connectivity index (χ1v) is 10.5. The third kappa shape index (κ3) is 4.59. The smallest absolute Gasteiger partial charge is 0.339 e. The van der Waals surface area contributed by atoms with Crippen molar-refractivity contribution in [1.29, 1.82) is 0 Å². The Morgan fingerprint density at radius 1 is 1.04 bits per heavy atom. The van der Waals surface area contributed by atoms with E-state index in [1.807, 2.05) is 6.07 Å². The van der Waals surface area contributed by atoms with Crippen molar-refractivity contribution in [3.05, 3.63) is 59.2 Å². The van der Waals surface area contributed by atoms with Crippen LogP contribution >= 0.6 is 0 Å². The van der Waals surface area contributed by atoms with Crippen molar-refractivity contribution in [2.24, 2.45) is 0 Å². The predicted molar refractivity (Wildman–Crippen MR) is 103 cm³/mol. The van der Waals surface area contributed by atoms with Gasteiger partial charge in [0.05, 0.1) is 5.56 Å². The molecule has 0 heterocycles. The van der Waals surface area contributed by atoms with Crippen molar-refractivity contribution in [3.63, 3.8) is 0 Å². The molecule has 1 fully saturated rings. The zero-order valence-corrected chi connectivity index (χ0v) is 16.6. The molecule has 1 aliphatic carbocycles. The number of Topliss-reactive ketones (excluding diaryl/α,β-unsaturated/α-hetero) is 1. The Labute approximate surface area is 164 Å². The number of aryl methyl sites for hydroxylation is 2. The second-order valence-corrected chi connectivity index (χ2v) is 8.45. The Hall–Kier alpha value is -2.67. The van der Waals surface area contributed by atoms with Crippen molar-refractivity contribution in [2.45, 2.75) is 50.5 Å². The molecule has 0 amide bonds. The van der Waals surface area contributed by atoms with Crippen LogP contribution in [0, 0.1) is 13.8 Å². The van der Waals surface area contributed by atoms with Gasteiger partial charge in [-0.2, -0.15) is 8.42 Å². The molecule has 0 radical (unpaired) electrons. The fourth-order valence-corrected chi connectivity index (χ4v) is 4.31. The lowest BCUT2D eigenvalue weighted by Crippen LogP contribution is -2.30. The Morgan fingerprint density at radius 2 is 1.75 bits per heavy atom. The number of rotatable bonds is 5. The highest BCUT2D eigenvalue weighted by Gasteiger charge is 2.26. The van der Waals surface area contributed by atoms with Crippen LogP contribution in [0.25, 0.3) is 0 Å². The first-order chi connectivity index (χ1) is 13.3. The van der Waals surface area contributed by atoms with Crippen molar-refractivity contribution in [3.8, 4) is 5.75 Å². The zero-order chi connectivity index (χ0) is 20.3. The second kappa shape index (κ2) is 8.14. The van der Waals surface area contributed by atoms with Crippen molar-refractivity contribution in [1.82, 2.24) is 0 Å². The van der Waals surface area contributed by atoms with Gasteiger partial charge >= 0.3 is 16.1 Å². The van der Waals surface area contributed by atoms with Gasteiger partial charge in [0, 0.05) is 6.42 Å². The summed E-state index contributed by atoms with van der Waals surface area (Å²) in [5.74, 6) is -0.574. The van der Waals surface area contributed by atoms with Crippen molar-refractivity contribution >= 4 is 21.9 Å². The molecule has 0 spiro atoms. The number of hydrogen-bond donors (Lipinski definition) is 0. The maximum Gasteiger partial charge on any atom is 0.339 e. The van der Waals surface area contributed by atoms with E-state index in [0.717, 1.165) is 18.4 Å². The molecule has 0 aromatic heterocycles. The van der Waals surface area contributed by atoms with E-state index in [9.17, 15) is 18.0 Å². The fourth-order valence-electron chi connectivity index (χ4n) is 3.07. The third-order valence-corrected chi connectivity index (χ3v) is 6.05. The summed E-state index contributed by atoms with van der Waals surface area (Å²) in [6.07, 6.45) is 1.96. The number of carbonyl (C=O) groups is 2. The second-order valence-electron chi connectivity index (χ2n) is 6.94. The van der Waals surface area contributed by atoms with Crippen LogP contribution < -0.4 is 4.18 Å². The molecule has 0 saturated heterocycles. The highest BCUT2D eigenvalue weighted by molar-refractivity contribution is 7.87. The van der Waals surface area contributed by atoms with Gasteiger partial charge in [-0.05, 0) is 74.6 Å². The maximum atomic E-state index is 12.5.